The summed E-state index contributed by atoms with van der Waals surface area (Å²) >= 11 is 3.64. The first-order valence-electron chi connectivity index (χ1n) is 11.4. The normalized spacial score (nSPS) is 14.0. The van der Waals surface area contributed by atoms with Crippen molar-refractivity contribution in [1.82, 2.24) is 0 Å². The zero-order chi connectivity index (χ0) is 23.3. The van der Waals surface area contributed by atoms with E-state index in [9.17, 15) is 0 Å². The molecule has 0 fully saturated rings. The molecule has 2 N–H and O–H groups in total. The highest BCUT2D eigenvalue weighted by Crippen LogP contribution is 2.47. The molecular formula is C28H35NOS2. The highest BCUT2D eigenvalue weighted by molar-refractivity contribution is 8.07. The molecule has 1 atom stereocenters. The summed E-state index contributed by atoms with van der Waals surface area (Å²) in [5, 5.41) is 0. The van der Waals surface area contributed by atoms with Crippen LogP contribution in [0, 0.1) is 0 Å². The van der Waals surface area contributed by atoms with Crippen molar-refractivity contribution in [2.24, 2.45) is 0 Å². The third kappa shape index (κ3) is 5.85. The lowest BCUT2D eigenvalue weighted by Gasteiger charge is -2.26. The summed E-state index contributed by atoms with van der Waals surface area (Å²) in [5.41, 5.74) is 13.3. The minimum Gasteiger partial charge on any atom is -0.490 e. The monoisotopic (exact) mass is 465 g/mol. The van der Waals surface area contributed by atoms with Gasteiger partial charge in [-0.05, 0) is 85.1 Å². The number of anilines is 1. The van der Waals surface area contributed by atoms with E-state index in [1.165, 1.54) is 37.6 Å². The Balaban J connectivity index is 2.10. The molecule has 170 valence electrons. The molecule has 1 unspecified atom stereocenters. The van der Waals surface area contributed by atoms with E-state index in [1.54, 1.807) is 11.8 Å². The smallest absolute Gasteiger partial charge is 0.119 e. The second kappa shape index (κ2) is 11.2. The van der Waals surface area contributed by atoms with Gasteiger partial charge in [0, 0.05) is 21.2 Å². The van der Waals surface area contributed by atoms with E-state index < -0.39 is 0 Å². The summed E-state index contributed by atoms with van der Waals surface area (Å²) in [4.78, 5) is 3.66. The largest absolute Gasteiger partial charge is 0.490 e. The molecule has 1 aliphatic rings. The van der Waals surface area contributed by atoms with E-state index in [4.69, 9.17) is 10.5 Å². The summed E-state index contributed by atoms with van der Waals surface area (Å²) < 4.78 is 6.23. The van der Waals surface area contributed by atoms with Gasteiger partial charge in [-0.2, -0.15) is 0 Å². The van der Waals surface area contributed by atoms with Gasteiger partial charge in [0.05, 0.1) is 6.10 Å². The zero-order valence-electron chi connectivity index (χ0n) is 20.0. The summed E-state index contributed by atoms with van der Waals surface area (Å²) in [6, 6.07) is 14.9. The van der Waals surface area contributed by atoms with E-state index in [2.05, 4.69) is 77.6 Å². The first-order valence-corrected chi connectivity index (χ1v) is 13.2. The molecule has 2 nitrogen and oxygen atoms in total. The van der Waals surface area contributed by atoms with Gasteiger partial charge in [-0.3, -0.25) is 0 Å². The fraction of sp³-hybridized carbons (Fsp3) is 0.357. The average molecular weight is 466 g/mol. The molecule has 0 radical (unpaired) electrons. The average Bonchev–Trinajstić information content (AvgIpc) is 2.76. The van der Waals surface area contributed by atoms with Gasteiger partial charge in [-0.25, -0.2) is 0 Å². The molecule has 2 aromatic rings. The second-order valence-electron chi connectivity index (χ2n) is 8.49. The summed E-state index contributed by atoms with van der Waals surface area (Å²) in [6.45, 7) is 15.0. The third-order valence-electron chi connectivity index (χ3n) is 5.47. The van der Waals surface area contributed by atoms with Crippen molar-refractivity contribution in [3.63, 3.8) is 0 Å². The Hall–Kier alpha value is -2.04. The lowest BCUT2D eigenvalue weighted by molar-refractivity contribution is 0.186. The Labute approximate surface area is 202 Å². The number of hydrogen-bond acceptors (Lipinski definition) is 4. The Kier molecular flexibility index (Phi) is 8.61. The van der Waals surface area contributed by atoms with Crippen LogP contribution in [0.25, 0.3) is 5.57 Å². The van der Waals surface area contributed by atoms with Crippen molar-refractivity contribution in [3.8, 4) is 5.75 Å². The van der Waals surface area contributed by atoms with Crippen molar-refractivity contribution < 1.29 is 4.74 Å². The minimum atomic E-state index is 0.277. The third-order valence-corrected chi connectivity index (χ3v) is 7.75. The number of rotatable bonds is 9. The first kappa shape index (κ1) is 24.6. The van der Waals surface area contributed by atoms with Crippen LogP contribution in [-0.2, 0) is 0 Å². The van der Waals surface area contributed by atoms with Gasteiger partial charge in [0.25, 0.3) is 0 Å². The number of fused-ring (bicyclic) bond motifs is 1. The van der Waals surface area contributed by atoms with Crippen LogP contribution < -0.4 is 10.5 Å². The predicted molar refractivity (Wildman–Crippen MR) is 144 cm³/mol. The number of allylic oxidation sites excluding steroid dienone is 3. The highest BCUT2D eigenvalue weighted by atomic mass is 32.2. The van der Waals surface area contributed by atoms with Crippen LogP contribution in [0.5, 0.6) is 5.75 Å². The SMILES string of the molecule is C=C(C)SC(=C(C)C)C1=C(c2ccc(OC(CC)CCC)cc2)c2ccc(N)cc2SC1. The number of benzene rings is 2. The van der Waals surface area contributed by atoms with Crippen molar-refractivity contribution in [2.75, 3.05) is 11.5 Å². The van der Waals surface area contributed by atoms with E-state index in [0.717, 1.165) is 41.4 Å². The highest BCUT2D eigenvalue weighted by Gasteiger charge is 2.24. The molecular weight excluding hydrogens is 430 g/mol. The number of nitrogen functional groups attached to an aromatic ring is 1. The van der Waals surface area contributed by atoms with E-state index in [0.29, 0.717) is 0 Å². The van der Waals surface area contributed by atoms with Gasteiger partial charge >= 0.3 is 0 Å². The Morgan fingerprint density at radius 2 is 1.84 bits per heavy atom. The lowest BCUT2D eigenvalue weighted by Crippen LogP contribution is -2.14. The van der Waals surface area contributed by atoms with Crippen LogP contribution >= 0.6 is 23.5 Å². The fourth-order valence-corrected chi connectivity index (χ4v) is 6.03. The predicted octanol–water partition coefficient (Wildman–Crippen LogP) is 8.69. The molecule has 0 bridgehead atoms. The fourth-order valence-electron chi connectivity index (χ4n) is 3.96. The zero-order valence-corrected chi connectivity index (χ0v) is 21.6. The van der Waals surface area contributed by atoms with Crippen LogP contribution in [0.15, 0.2) is 74.9 Å². The standard InChI is InChI=1S/C28H35NOS2/c1-7-9-22(8-2)30-23-13-10-20(11-14-23)27-24-15-12-21(29)16-26(24)31-17-25(27)28(18(3)4)32-19(5)6/h10-16,22H,5,7-9,17,29H2,1-4,6H3. The maximum Gasteiger partial charge on any atom is 0.119 e. The van der Waals surface area contributed by atoms with Gasteiger partial charge in [-0.15, -0.1) is 11.8 Å². The molecule has 1 aliphatic heterocycles. The maximum atomic E-state index is 6.23. The van der Waals surface area contributed by atoms with Gasteiger partial charge in [0.15, 0.2) is 0 Å². The molecule has 2 aromatic carbocycles. The molecule has 0 aliphatic carbocycles. The van der Waals surface area contributed by atoms with Crippen LogP contribution in [0.1, 0.15) is 65.0 Å². The number of ether oxygens (including phenoxy) is 1. The van der Waals surface area contributed by atoms with Gasteiger partial charge in [-0.1, -0.05) is 62.4 Å². The molecule has 1 heterocycles. The number of thioether (sulfide) groups is 2. The Morgan fingerprint density at radius 3 is 2.44 bits per heavy atom. The number of hydrogen-bond donors (Lipinski definition) is 1. The van der Waals surface area contributed by atoms with Crippen molar-refractivity contribution in [1.29, 1.82) is 0 Å². The molecule has 0 aromatic heterocycles. The van der Waals surface area contributed by atoms with Crippen molar-refractivity contribution in [2.45, 2.75) is 64.9 Å². The molecule has 3 rings (SSSR count). The van der Waals surface area contributed by atoms with Gasteiger partial charge in [0.1, 0.15) is 5.75 Å². The molecule has 32 heavy (non-hydrogen) atoms. The molecule has 0 spiro atoms. The van der Waals surface area contributed by atoms with Crippen LogP contribution in [0.2, 0.25) is 0 Å². The lowest BCUT2D eigenvalue weighted by atomic mass is 9.91. The van der Waals surface area contributed by atoms with Gasteiger partial charge in [0.2, 0.25) is 0 Å². The Morgan fingerprint density at radius 1 is 1.12 bits per heavy atom. The van der Waals surface area contributed by atoms with E-state index in [-0.39, 0.29) is 6.10 Å². The molecule has 4 heteroatoms. The number of nitrogens with two attached hydrogens (primary N) is 1. The van der Waals surface area contributed by atoms with Gasteiger partial charge < -0.3 is 10.5 Å². The molecule has 0 amide bonds. The molecule has 0 saturated carbocycles. The van der Waals surface area contributed by atoms with Crippen LogP contribution in [0.3, 0.4) is 0 Å². The quantitative estimate of drug-likeness (QED) is 0.376. The van der Waals surface area contributed by atoms with E-state index in [1.807, 2.05) is 17.8 Å². The topological polar surface area (TPSA) is 35.2 Å². The summed E-state index contributed by atoms with van der Waals surface area (Å²) in [5.74, 6) is 1.86. The van der Waals surface area contributed by atoms with Crippen LogP contribution in [-0.4, -0.2) is 11.9 Å². The second-order valence-corrected chi connectivity index (χ2v) is 10.8. The molecule has 0 saturated heterocycles. The van der Waals surface area contributed by atoms with E-state index >= 15 is 0 Å². The minimum absolute atomic E-state index is 0.277. The summed E-state index contributed by atoms with van der Waals surface area (Å²) in [6.07, 6.45) is 3.52. The first-order chi connectivity index (χ1) is 15.3. The maximum absolute atomic E-state index is 6.23. The van der Waals surface area contributed by atoms with Crippen molar-refractivity contribution in [3.05, 3.63) is 81.1 Å². The Bertz CT molecular complexity index is 1030. The van der Waals surface area contributed by atoms with Crippen molar-refractivity contribution >= 4 is 34.8 Å². The summed E-state index contributed by atoms with van der Waals surface area (Å²) in [7, 11) is 0. The van der Waals surface area contributed by atoms with Crippen LogP contribution in [0.4, 0.5) is 5.69 Å².